The number of carbonyl (C=O) groups is 1. The van der Waals surface area contributed by atoms with Crippen molar-refractivity contribution in [2.75, 3.05) is 14.2 Å². The van der Waals surface area contributed by atoms with Gasteiger partial charge in [0.1, 0.15) is 0 Å². The van der Waals surface area contributed by atoms with Gasteiger partial charge in [0.05, 0.1) is 19.8 Å². The van der Waals surface area contributed by atoms with Gasteiger partial charge in [0.15, 0.2) is 11.5 Å². The number of rotatable bonds is 5. The number of halogens is 2. The molecule has 0 aliphatic rings. The van der Waals surface area contributed by atoms with Crippen LogP contribution in [0.15, 0.2) is 40.9 Å². The summed E-state index contributed by atoms with van der Waals surface area (Å²) in [6.07, 6.45) is 1.57. The van der Waals surface area contributed by atoms with E-state index >= 15 is 0 Å². The third-order valence-corrected chi connectivity index (χ3v) is 4.08. The summed E-state index contributed by atoms with van der Waals surface area (Å²) in [5.41, 5.74) is 1.35. The second-order valence-electron chi connectivity index (χ2n) is 4.60. The molecule has 0 amide bonds. The Labute approximate surface area is 147 Å². The SMILES string of the molecule is COc1cc(Br)c(/C(=C/c2ccc(Cl)cc2)C(=O)O)cc1OC. The lowest BCUT2D eigenvalue weighted by Gasteiger charge is -2.12. The van der Waals surface area contributed by atoms with Crippen molar-refractivity contribution in [1.29, 1.82) is 0 Å². The maximum atomic E-state index is 11.7. The topological polar surface area (TPSA) is 55.8 Å². The van der Waals surface area contributed by atoms with Crippen LogP contribution in [0.1, 0.15) is 11.1 Å². The fourth-order valence-corrected chi connectivity index (χ4v) is 2.70. The molecule has 6 heteroatoms. The van der Waals surface area contributed by atoms with E-state index in [0.717, 1.165) is 5.56 Å². The van der Waals surface area contributed by atoms with Crippen LogP contribution >= 0.6 is 27.5 Å². The standard InChI is InChI=1S/C17H14BrClO4/c1-22-15-8-12(14(18)9-16(15)23-2)13(17(20)21)7-10-3-5-11(19)6-4-10/h3-9H,1-2H3,(H,20,21)/b13-7-. The normalized spacial score (nSPS) is 11.2. The largest absolute Gasteiger partial charge is 0.493 e. The number of aliphatic carboxylic acids is 1. The molecule has 0 aliphatic carbocycles. The Bertz CT molecular complexity index is 754. The number of carboxylic acid groups (broad SMARTS) is 1. The molecule has 0 unspecified atom stereocenters. The highest BCUT2D eigenvalue weighted by Gasteiger charge is 2.17. The smallest absolute Gasteiger partial charge is 0.336 e. The molecule has 0 aromatic heterocycles. The summed E-state index contributed by atoms with van der Waals surface area (Å²) in [5, 5.41) is 10.2. The molecule has 0 saturated carbocycles. The molecule has 0 saturated heterocycles. The van der Waals surface area contributed by atoms with E-state index in [1.165, 1.54) is 14.2 Å². The van der Waals surface area contributed by atoms with Crippen LogP contribution in [0.3, 0.4) is 0 Å². The molecular weight excluding hydrogens is 384 g/mol. The first-order valence-electron chi connectivity index (χ1n) is 6.58. The van der Waals surface area contributed by atoms with Gasteiger partial charge in [-0.3, -0.25) is 0 Å². The first kappa shape index (κ1) is 17.4. The van der Waals surface area contributed by atoms with Crippen molar-refractivity contribution in [3.05, 3.63) is 57.0 Å². The zero-order valence-corrected chi connectivity index (χ0v) is 14.8. The second kappa shape index (κ2) is 7.53. The Morgan fingerprint density at radius 3 is 2.22 bits per heavy atom. The van der Waals surface area contributed by atoms with E-state index in [4.69, 9.17) is 21.1 Å². The summed E-state index contributed by atoms with van der Waals surface area (Å²) >= 11 is 9.24. The Morgan fingerprint density at radius 2 is 1.70 bits per heavy atom. The van der Waals surface area contributed by atoms with Gasteiger partial charge in [-0.1, -0.05) is 39.7 Å². The highest BCUT2D eigenvalue weighted by atomic mass is 79.9. The molecule has 0 bridgehead atoms. The molecule has 2 aromatic carbocycles. The van der Waals surface area contributed by atoms with Crippen LogP contribution in [0.4, 0.5) is 0 Å². The maximum absolute atomic E-state index is 11.7. The maximum Gasteiger partial charge on any atom is 0.336 e. The van der Waals surface area contributed by atoms with E-state index in [2.05, 4.69) is 15.9 Å². The average molecular weight is 398 g/mol. The van der Waals surface area contributed by atoms with Crippen LogP contribution in [0, 0.1) is 0 Å². The first-order chi connectivity index (χ1) is 11.0. The van der Waals surface area contributed by atoms with Crippen molar-refractivity contribution in [1.82, 2.24) is 0 Å². The summed E-state index contributed by atoms with van der Waals surface area (Å²) in [6, 6.07) is 10.2. The lowest BCUT2D eigenvalue weighted by molar-refractivity contribution is -0.130. The summed E-state index contributed by atoms with van der Waals surface area (Å²) in [6.45, 7) is 0. The predicted molar refractivity (Wildman–Crippen MR) is 94.2 cm³/mol. The van der Waals surface area contributed by atoms with Crippen molar-refractivity contribution in [3.63, 3.8) is 0 Å². The highest BCUT2D eigenvalue weighted by Crippen LogP contribution is 2.37. The van der Waals surface area contributed by atoms with Gasteiger partial charge in [0, 0.05) is 15.1 Å². The molecule has 0 fully saturated rings. The molecule has 120 valence electrons. The van der Waals surface area contributed by atoms with Gasteiger partial charge in [-0.15, -0.1) is 0 Å². The average Bonchev–Trinajstić information content (AvgIpc) is 2.54. The second-order valence-corrected chi connectivity index (χ2v) is 5.89. The molecule has 2 aromatic rings. The lowest BCUT2D eigenvalue weighted by atomic mass is 10.0. The molecule has 0 spiro atoms. The van der Waals surface area contributed by atoms with Crippen molar-refractivity contribution in [2.45, 2.75) is 0 Å². The lowest BCUT2D eigenvalue weighted by Crippen LogP contribution is -2.02. The van der Waals surface area contributed by atoms with E-state index in [0.29, 0.717) is 26.6 Å². The fourth-order valence-electron chi connectivity index (χ4n) is 2.04. The molecule has 0 radical (unpaired) electrons. The molecule has 0 heterocycles. The van der Waals surface area contributed by atoms with E-state index in [9.17, 15) is 9.90 Å². The van der Waals surface area contributed by atoms with Crippen LogP contribution in [0.25, 0.3) is 11.6 Å². The van der Waals surface area contributed by atoms with Gasteiger partial charge < -0.3 is 14.6 Å². The van der Waals surface area contributed by atoms with E-state index in [1.54, 1.807) is 42.5 Å². The predicted octanol–water partition coefficient (Wildman–Crippen LogP) is 4.74. The van der Waals surface area contributed by atoms with Gasteiger partial charge in [0.25, 0.3) is 0 Å². The van der Waals surface area contributed by atoms with Crippen LogP contribution in [-0.4, -0.2) is 25.3 Å². The Balaban J connectivity index is 2.58. The van der Waals surface area contributed by atoms with Crippen LogP contribution in [0.2, 0.25) is 5.02 Å². The monoisotopic (exact) mass is 396 g/mol. The number of carboxylic acids is 1. The van der Waals surface area contributed by atoms with Crippen molar-refractivity contribution >= 4 is 45.1 Å². The van der Waals surface area contributed by atoms with E-state index in [-0.39, 0.29) is 5.57 Å². The van der Waals surface area contributed by atoms with Gasteiger partial charge in [0.2, 0.25) is 0 Å². The first-order valence-corrected chi connectivity index (χ1v) is 7.75. The number of benzene rings is 2. The molecule has 0 aliphatic heterocycles. The van der Waals surface area contributed by atoms with Crippen LogP contribution in [0.5, 0.6) is 11.5 Å². The van der Waals surface area contributed by atoms with Crippen molar-refractivity contribution < 1.29 is 19.4 Å². The van der Waals surface area contributed by atoms with Gasteiger partial charge in [-0.25, -0.2) is 4.79 Å². The minimum absolute atomic E-state index is 0.125. The van der Waals surface area contributed by atoms with Gasteiger partial charge in [-0.05, 0) is 35.9 Å². The highest BCUT2D eigenvalue weighted by molar-refractivity contribution is 9.10. The van der Waals surface area contributed by atoms with Crippen molar-refractivity contribution in [2.24, 2.45) is 0 Å². The van der Waals surface area contributed by atoms with E-state index < -0.39 is 5.97 Å². The fraction of sp³-hybridized carbons (Fsp3) is 0.118. The molecule has 1 N–H and O–H groups in total. The Morgan fingerprint density at radius 1 is 1.13 bits per heavy atom. The molecule has 0 atom stereocenters. The zero-order valence-electron chi connectivity index (χ0n) is 12.5. The minimum atomic E-state index is -1.05. The number of hydrogen-bond acceptors (Lipinski definition) is 3. The van der Waals surface area contributed by atoms with Crippen LogP contribution in [-0.2, 0) is 4.79 Å². The quantitative estimate of drug-likeness (QED) is 0.584. The summed E-state index contributed by atoms with van der Waals surface area (Å²) in [5.74, 6) is -0.0822. The molecule has 23 heavy (non-hydrogen) atoms. The third-order valence-electron chi connectivity index (χ3n) is 3.17. The summed E-state index contributed by atoms with van der Waals surface area (Å²) in [7, 11) is 3.02. The third kappa shape index (κ3) is 4.06. The van der Waals surface area contributed by atoms with Gasteiger partial charge in [-0.2, -0.15) is 0 Å². The Hall–Kier alpha value is -1.98. The van der Waals surface area contributed by atoms with E-state index in [1.807, 2.05) is 0 Å². The Kier molecular flexibility index (Phi) is 5.69. The minimum Gasteiger partial charge on any atom is -0.493 e. The molecule has 4 nitrogen and oxygen atoms in total. The zero-order chi connectivity index (χ0) is 17.0. The van der Waals surface area contributed by atoms with Gasteiger partial charge >= 0.3 is 5.97 Å². The van der Waals surface area contributed by atoms with Crippen molar-refractivity contribution in [3.8, 4) is 11.5 Å². The summed E-state index contributed by atoms with van der Waals surface area (Å²) < 4.78 is 11.0. The summed E-state index contributed by atoms with van der Waals surface area (Å²) in [4.78, 5) is 11.7. The molecular formula is C17H14BrClO4. The number of hydrogen-bond donors (Lipinski definition) is 1. The number of ether oxygens (including phenoxy) is 2. The molecule has 2 rings (SSSR count). The van der Waals surface area contributed by atoms with Crippen LogP contribution < -0.4 is 9.47 Å². The number of methoxy groups -OCH3 is 2.